The number of carbonyl (C=O) groups is 1. The molecular formula is C9H9NO4S. The summed E-state index contributed by atoms with van der Waals surface area (Å²) < 4.78 is 27.9. The first kappa shape index (κ1) is 9.97. The summed E-state index contributed by atoms with van der Waals surface area (Å²) in [7, 11) is -3.36. The molecule has 1 N–H and O–H groups in total. The number of rotatable bonds is 1. The number of nitrogens with one attached hydrogen (secondary N) is 1. The van der Waals surface area contributed by atoms with E-state index in [1.165, 1.54) is 6.07 Å². The van der Waals surface area contributed by atoms with Gasteiger partial charge in [0.25, 0.3) is 5.91 Å². The Hall–Kier alpha value is -1.56. The molecule has 15 heavy (non-hydrogen) atoms. The van der Waals surface area contributed by atoms with Crippen LogP contribution in [-0.2, 0) is 14.6 Å². The Morgan fingerprint density at radius 3 is 2.80 bits per heavy atom. The van der Waals surface area contributed by atoms with Gasteiger partial charge < -0.3 is 10.1 Å². The Morgan fingerprint density at radius 2 is 2.13 bits per heavy atom. The van der Waals surface area contributed by atoms with E-state index in [-0.39, 0.29) is 23.1 Å². The third-order valence-corrected chi connectivity index (χ3v) is 3.15. The second-order valence-corrected chi connectivity index (χ2v) is 5.22. The molecule has 0 aromatic heterocycles. The van der Waals surface area contributed by atoms with Gasteiger partial charge in [0.05, 0.1) is 4.90 Å². The van der Waals surface area contributed by atoms with Crippen LogP contribution in [0.2, 0.25) is 0 Å². The third-order valence-electron chi connectivity index (χ3n) is 2.01. The minimum absolute atomic E-state index is 0.0769. The second-order valence-electron chi connectivity index (χ2n) is 3.24. The van der Waals surface area contributed by atoms with Crippen molar-refractivity contribution in [2.75, 3.05) is 18.2 Å². The summed E-state index contributed by atoms with van der Waals surface area (Å²) in [6, 6.07) is 4.62. The number of sulfone groups is 1. The molecule has 2 rings (SSSR count). The highest BCUT2D eigenvalue weighted by molar-refractivity contribution is 7.90. The number of benzene rings is 1. The Labute approximate surface area is 87.0 Å². The molecular weight excluding hydrogens is 218 g/mol. The normalized spacial score (nSPS) is 15.1. The Kier molecular flexibility index (Phi) is 2.15. The molecule has 1 aliphatic heterocycles. The highest BCUT2D eigenvalue weighted by Gasteiger charge is 2.23. The first-order valence-corrected chi connectivity index (χ1v) is 6.13. The Bertz CT molecular complexity index is 521. The van der Waals surface area contributed by atoms with Crippen molar-refractivity contribution in [2.45, 2.75) is 4.90 Å². The number of hydrogen-bond donors (Lipinski definition) is 1. The predicted molar refractivity (Wildman–Crippen MR) is 53.7 cm³/mol. The van der Waals surface area contributed by atoms with Crippen molar-refractivity contribution in [3.8, 4) is 5.75 Å². The lowest BCUT2D eigenvalue weighted by atomic mass is 10.2. The van der Waals surface area contributed by atoms with Crippen molar-refractivity contribution in [3.63, 3.8) is 0 Å². The van der Waals surface area contributed by atoms with E-state index < -0.39 is 9.84 Å². The molecule has 0 saturated heterocycles. The topological polar surface area (TPSA) is 72.5 Å². The Morgan fingerprint density at radius 1 is 1.40 bits per heavy atom. The predicted octanol–water partition coefficient (Wildman–Crippen LogP) is 0.421. The zero-order valence-corrected chi connectivity index (χ0v) is 8.80. The summed E-state index contributed by atoms with van der Waals surface area (Å²) in [6.45, 7) is -0.0831. The van der Waals surface area contributed by atoms with E-state index in [9.17, 15) is 13.2 Å². The number of amides is 1. The molecule has 0 saturated carbocycles. The lowest BCUT2D eigenvalue weighted by Crippen LogP contribution is -2.26. The van der Waals surface area contributed by atoms with Crippen LogP contribution in [0.25, 0.3) is 0 Å². The van der Waals surface area contributed by atoms with Crippen LogP contribution in [-0.4, -0.2) is 27.2 Å². The van der Waals surface area contributed by atoms with Crippen LogP contribution in [0.4, 0.5) is 5.69 Å². The molecule has 1 heterocycles. The fourth-order valence-corrected chi connectivity index (χ4v) is 2.23. The lowest BCUT2D eigenvalue weighted by Gasteiger charge is -2.19. The van der Waals surface area contributed by atoms with Crippen molar-refractivity contribution in [1.29, 1.82) is 0 Å². The fraction of sp³-hybridized carbons (Fsp3) is 0.222. The van der Waals surface area contributed by atoms with Gasteiger partial charge in [-0.25, -0.2) is 8.42 Å². The molecule has 0 radical (unpaired) electrons. The van der Waals surface area contributed by atoms with Crippen molar-refractivity contribution >= 4 is 21.4 Å². The average Bonchev–Trinajstić information content (AvgIpc) is 2.15. The first-order valence-electron chi connectivity index (χ1n) is 4.24. The fourth-order valence-electron chi connectivity index (χ4n) is 1.38. The third kappa shape index (κ3) is 1.80. The minimum atomic E-state index is -3.36. The van der Waals surface area contributed by atoms with Crippen LogP contribution in [0, 0.1) is 0 Å². The molecule has 5 nitrogen and oxygen atoms in total. The smallest absolute Gasteiger partial charge is 0.262 e. The van der Waals surface area contributed by atoms with Crippen LogP contribution >= 0.6 is 0 Å². The van der Waals surface area contributed by atoms with Crippen LogP contribution in [0.1, 0.15) is 0 Å². The van der Waals surface area contributed by atoms with Crippen molar-refractivity contribution in [1.82, 2.24) is 0 Å². The molecule has 6 heteroatoms. The number of hydrogen-bond acceptors (Lipinski definition) is 4. The summed E-state index contributed by atoms with van der Waals surface area (Å²) in [6.07, 6.45) is 1.09. The SMILES string of the molecule is CS(=O)(=O)c1cccc2c1NC(=O)CO2. The molecule has 0 unspecified atom stereocenters. The number of fused-ring (bicyclic) bond motifs is 1. The molecule has 0 spiro atoms. The van der Waals surface area contributed by atoms with Gasteiger partial charge in [-0.1, -0.05) is 6.07 Å². The van der Waals surface area contributed by atoms with Crippen LogP contribution in [0.15, 0.2) is 23.1 Å². The molecule has 1 aromatic carbocycles. The molecule has 0 atom stereocenters. The second kappa shape index (κ2) is 3.23. The van der Waals surface area contributed by atoms with E-state index in [1.54, 1.807) is 12.1 Å². The number of carbonyl (C=O) groups excluding carboxylic acids is 1. The number of para-hydroxylation sites is 1. The van der Waals surface area contributed by atoms with E-state index in [0.29, 0.717) is 5.75 Å². The van der Waals surface area contributed by atoms with Gasteiger partial charge >= 0.3 is 0 Å². The van der Waals surface area contributed by atoms with Crippen LogP contribution < -0.4 is 10.1 Å². The molecule has 0 fully saturated rings. The molecule has 1 amide bonds. The summed E-state index contributed by atoms with van der Waals surface area (Å²) >= 11 is 0. The minimum Gasteiger partial charge on any atom is -0.482 e. The molecule has 0 aliphatic carbocycles. The maximum atomic E-state index is 11.4. The van der Waals surface area contributed by atoms with Gasteiger partial charge in [0.1, 0.15) is 11.4 Å². The summed E-state index contributed by atoms with van der Waals surface area (Å²) in [5.74, 6) is 0.0381. The van der Waals surface area contributed by atoms with Gasteiger partial charge in [-0.05, 0) is 12.1 Å². The van der Waals surface area contributed by atoms with Crippen molar-refractivity contribution in [2.24, 2.45) is 0 Å². The van der Waals surface area contributed by atoms with Gasteiger partial charge in [0, 0.05) is 6.26 Å². The van der Waals surface area contributed by atoms with Gasteiger partial charge in [0.2, 0.25) is 0 Å². The van der Waals surface area contributed by atoms with Gasteiger partial charge in [-0.3, -0.25) is 4.79 Å². The highest BCUT2D eigenvalue weighted by Crippen LogP contribution is 2.33. The quantitative estimate of drug-likeness (QED) is 0.754. The number of ether oxygens (including phenoxy) is 1. The first-order chi connectivity index (χ1) is 6.98. The number of anilines is 1. The van der Waals surface area contributed by atoms with E-state index in [1.807, 2.05) is 0 Å². The lowest BCUT2D eigenvalue weighted by molar-refractivity contribution is -0.118. The maximum Gasteiger partial charge on any atom is 0.262 e. The standard InChI is InChI=1S/C9H9NO4S/c1-15(12,13)7-4-2-3-6-9(7)10-8(11)5-14-6/h2-4H,5H2,1H3,(H,10,11). The van der Waals surface area contributed by atoms with Crippen molar-refractivity contribution in [3.05, 3.63) is 18.2 Å². The molecule has 80 valence electrons. The van der Waals surface area contributed by atoms with Crippen LogP contribution in [0.5, 0.6) is 5.75 Å². The Balaban J connectivity index is 2.64. The van der Waals surface area contributed by atoms with E-state index in [4.69, 9.17) is 4.74 Å². The van der Waals surface area contributed by atoms with Crippen LogP contribution in [0.3, 0.4) is 0 Å². The summed E-state index contributed by atoms with van der Waals surface area (Å²) in [5.41, 5.74) is 0.233. The van der Waals surface area contributed by atoms with Gasteiger partial charge in [-0.2, -0.15) is 0 Å². The monoisotopic (exact) mass is 227 g/mol. The largest absolute Gasteiger partial charge is 0.482 e. The van der Waals surface area contributed by atoms with Gasteiger partial charge in [0.15, 0.2) is 16.4 Å². The van der Waals surface area contributed by atoms with E-state index in [0.717, 1.165) is 6.26 Å². The van der Waals surface area contributed by atoms with Gasteiger partial charge in [-0.15, -0.1) is 0 Å². The van der Waals surface area contributed by atoms with E-state index >= 15 is 0 Å². The zero-order valence-electron chi connectivity index (χ0n) is 7.98. The zero-order chi connectivity index (χ0) is 11.1. The molecule has 1 aromatic rings. The maximum absolute atomic E-state index is 11.4. The summed E-state index contributed by atoms with van der Waals surface area (Å²) in [5, 5.41) is 2.49. The highest BCUT2D eigenvalue weighted by atomic mass is 32.2. The van der Waals surface area contributed by atoms with E-state index in [2.05, 4.69) is 5.32 Å². The summed E-state index contributed by atoms with van der Waals surface area (Å²) in [4.78, 5) is 11.2. The molecule has 1 aliphatic rings. The van der Waals surface area contributed by atoms with Crippen molar-refractivity contribution < 1.29 is 17.9 Å². The average molecular weight is 227 g/mol. The molecule has 0 bridgehead atoms.